The molecule has 0 radical (unpaired) electrons. The average molecular weight is 433 g/mol. The highest BCUT2D eigenvalue weighted by atomic mass is 79.9. The zero-order valence-corrected chi connectivity index (χ0v) is 17.3. The summed E-state index contributed by atoms with van der Waals surface area (Å²) in [5, 5.41) is 7.85. The van der Waals surface area contributed by atoms with Crippen molar-refractivity contribution in [2.24, 2.45) is 0 Å². The molecule has 0 aliphatic rings. The SMILES string of the molecule is Brc1ccc2ccc3c(-c4ccccc4)cc(-c4ccccc4)c4ccc1c2c34. The van der Waals surface area contributed by atoms with Crippen LogP contribution in [0.15, 0.2) is 108 Å². The van der Waals surface area contributed by atoms with Crippen molar-refractivity contribution in [3.63, 3.8) is 0 Å². The summed E-state index contributed by atoms with van der Waals surface area (Å²) in [6, 6.07) is 37.2. The Morgan fingerprint density at radius 2 is 0.966 bits per heavy atom. The summed E-state index contributed by atoms with van der Waals surface area (Å²) in [4.78, 5) is 0. The molecule has 6 rings (SSSR count). The molecule has 0 heterocycles. The molecule has 0 spiro atoms. The van der Waals surface area contributed by atoms with Crippen LogP contribution in [0.2, 0.25) is 0 Å². The summed E-state index contributed by atoms with van der Waals surface area (Å²) in [5.74, 6) is 0. The third-order valence-electron chi connectivity index (χ3n) is 5.90. The van der Waals surface area contributed by atoms with Crippen LogP contribution in [-0.2, 0) is 0 Å². The molecule has 0 fully saturated rings. The predicted octanol–water partition coefficient (Wildman–Crippen LogP) is 8.68. The van der Waals surface area contributed by atoms with Gasteiger partial charge in [0.2, 0.25) is 0 Å². The lowest BCUT2D eigenvalue weighted by Gasteiger charge is -2.18. The second kappa shape index (κ2) is 6.43. The number of benzene rings is 6. The van der Waals surface area contributed by atoms with Gasteiger partial charge in [-0.15, -0.1) is 0 Å². The molecule has 0 saturated heterocycles. The van der Waals surface area contributed by atoms with Crippen LogP contribution in [0, 0.1) is 0 Å². The van der Waals surface area contributed by atoms with Crippen LogP contribution in [0.5, 0.6) is 0 Å². The van der Waals surface area contributed by atoms with E-state index in [0.717, 1.165) is 4.47 Å². The van der Waals surface area contributed by atoms with E-state index < -0.39 is 0 Å². The molecule has 0 saturated carbocycles. The van der Waals surface area contributed by atoms with Gasteiger partial charge < -0.3 is 0 Å². The molecule has 0 bridgehead atoms. The van der Waals surface area contributed by atoms with E-state index in [1.807, 2.05) is 0 Å². The first-order valence-electron chi connectivity index (χ1n) is 9.82. The first-order valence-corrected chi connectivity index (χ1v) is 10.6. The highest BCUT2D eigenvalue weighted by molar-refractivity contribution is 9.10. The average Bonchev–Trinajstić information content (AvgIpc) is 2.79. The molecule has 1 heteroatoms. The van der Waals surface area contributed by atoms with Gasteiger partial charge in [0.1, 0.15) is 0 Å². The Bertz CT molecular complexity index is 1420. The van der Waals surface area contributed by atoms with Gasteiger partial charge in [-0.2, -0.15) is 0 Å². The number of hydrogen-bond acceptors (Lipinski definition) is 0. The minimum atomic E-state index is 1.14. The molecule has 0 aliphatic heterocycles. The lowest BCUT2D eigenvalue weighted by atomic mass is 9.85. The van der Waals surface area contributed by atoms with Gasteiger partial charge in [0.25, 0.3) is 0 Å². The normalized spacial score (nSPS) is 11.6. The fourth-order valence-corrected chi connectivity index (χ4v) is 5.04. The molecule has 6 aromatic rings. The largest absolute Gasteiger partial charge is 0.0622 e. The van der Waals surface area contributed by atoms with Gasteiger partial charge in [0, 0.05) is 4.47 Å². The zero-order chi connectivity index (χ0) is 19.4. The topological polar surface area (TPSA) is 0 Å². The van der Waals surface area contributed by atoms with E-state index in [9.17, 15) is 0 Å². The molecule has 136 valence electrons. The van der Waals surface area contributed by atoms with Crippen LogP contribution in [0.25, 0.3) is 54.6 Å². The standard InChI is InChI=1S/C28H17Br/c29-26-16-12-20-11-13-21-24(18-7-3-1-4-8-18)17-25(19-9-5-2-6-10-19)22-14-15-23(26)27(20)28(21)22/h1-17H. The Labute approximate surface area is 177 Å². The maximum Gasteiger partial charge on any atom is 0.0254 e. The van der Waals surface area contributed by atoms with Gasteiger partial charge in [-0.3, -0.25) is 0 Å². The fraction of sp³-hybridized carbons (Fsp3) is 0. The molecule has 6 aromatic carbocycles. The minimum absolute atomic E-state index is 1.14. The van der Waals surface area contributed by atoms with Crippen LogP contribution in [0.1, 0.15) is 0 Å². The number of halogens is 1. The summed E-state index contributed by atoms with van der Waals surface area (Å²) in [6.45, 7) is 0. The Balaban J connectivity index is 1.87. The Kier molecular flexibility index (Phi) is 3.72. The van der Waals surface area contributed by atoms with Crippen LogP contribution in [-0.4, -0.2) is 0 Å². The van der Waals surface area contributed by atoms with Gasteiger partial charge in [0.15, 0.2) is 0 Å². The lowest BCUT2D eigenvalue weighted by Crippen LogP contribution is -1.91. The monoisotopic (exact) mass is 432 g/mol. The third kappa shape index (κ3) is 2.51. The molecule has 0 aliphatic carbocycles. The molecule has 29 heavy (non-hydrogen) atoms. The number of rotatable bonds is 2. The van der Waals surface area contributed by atoms with E-state index >= 15 is 0 Å². The molecule has 0 atom stereocenters. The van der Waals surface area contributed by atoms with Gasteiger partial charge in [-0.05, 0) is 66.7 Å². The van der Waals surface area contributed by atoms with Crippen LogP contribution in [0.3, 0.4) is 0 Å². The maximum atomic E-state index is 3.77. The molecular formula is C28H17Br. The van der Waals surface area contributed by atoms with Gasteiger partial charge in [-0.1, -0.05) is 107 Å². The Morgan fingerprint density at radius 1 is 0.448 bits per heavy atom. The molecule has 0 N–H and O–H groups in total. The van der Waals surface area contributed by atoms with E-state index in [-0.39, 0.29) is 0 Å². The molecular weight excluding hydrogens is 416 g/mol. The minimum Gasteiger partial charge on any atom is -0.0622 e. The van der Waals surface area contributed by atoms with Gasteiger partial charge >= 0.3 is 0 Å². The Morgan fingerprint density at radius 3 is 1.59 bits per heavy atom. The maximum absolute atomic E-state index is 3.77. The quantitative estimate of drug-likeness (QED) is 0.240. The van der Waals surface area contributed by atoms with Crippen LogP contribution >= 0.6 is 15.9 Å². The lowest BCUT2D eigenvalue weighted by molar-refractivity contribution is 1.63. The third-order valence-corrected chi connectivity index (χ3v) is 6.59. The van der Waals surface area contributed by atoms with Crippen molar-refractivity contribution in [1.29, 1.82) is 0 Å². The van der Waals surface area contributed by atoms with Crippen molar-refractivity contribution in [3.8, 4) is 22.3 Å². The second-order valence-corrected chi connectivity index (χ2v) is 8.35. The van der Waals surface area contributed by atoms with E-state index in [4.69, 9.17) is 0 Å². The first-order chi connectivity index (χ1) is 14.3. The van der Waals surface area contributed by atoms with Crippen LogP contribution < -0.4 is 0 Å². The van der Waals surface area contributed by atoms with E-state index in [1.54, 1.807) is 0 Å². The van der Waals surface area contributed by atoms with Crippen LogP contribution in [0.4, 0.5) is 0 Å². The molecule has 0 aromatic heterocycles. The second-order valence-electron chi connectivity index (χ2n) is 7.50. The Hall–Kier alpha value is -3.16. The summed E-state index contributed by atoms with van der Waals surface area (Å²) < 4.78 is 1.14. The van der Waals surface area contributed by atoms with Crippen molar-refractivity contribution in [2.45, 2.75) is 0 Å². The number of hydrogen-bond donors (Lipinski definition) is 0. The first kappa shape index (κ1) is 16.8. The molecule has 0 unspecified atom stereocenters. The summed E-state index contributed by atoms with van der Waals surface area (Å²) in [7, 11) is 0. The predicted molar refractivity (Wildman–Crippen MR) is 129 cm³/mol. The summed E-state index contributed by atoms with van der Waals surface area (Å²) in [5.41, 5.74) is 5.07. The summed E-state index contributed by atoms with van der Waals surface area (Å²) in [6.07, 6.45) is 0. The fourth-order valence-electron chi connectivity index (χ4n) is 4.57. The van der Waals surface area contributed by atoms with Crippen molar-refractivity contribution < 1.29 is 0 Å². The van der Waals surface area contributed by atoms with Gasteiger partial charge in [-0.25, -0.2) is 0 Å². The highest BCUT2D eigenvalue weighted by Gasteiger charge is 2.17. The van der Waals surface area contributed by atoms with Crippen molar-refractivity contribution in [1.82, 2.24) is 0 Å². The van der Waals surface area contributed by atoms with E-state index in [1.165, 1.54) is 54.6 Å². The smallest absolute Gasteiger partial charge is 0.0254 e. The van der Waals surface area contributed by atoms with Gasteiger partial charge in [0.05, 0.1) is 0 Å². The van der Waals surface area contributed by atoms with E-state index in [0.29, 0.717) is 0 Å². The zero-order valence-electron chi connectivity index (χ0n) is 15.7. The molecule has 0 nitrogen and oxygen atoms in total. The van der Waals surface area contributed by atoms with Crippen molar-refractivity contribution in [3.05, 3.63) is 108 Å². The van der Waals surface area contributed by atoms with Crippen molar-refractivity contribution >= 4 is 48.2 Å². The van der Waals surface area contributed by atoms with E-state index in [2.05, 4.69) is 119 Å². The van der Waals surface area contributed by atoms with Crippen molar-refractivity contribution in [2.75, 3.05) is 0 Å². The summed E-state index contributed by atoms with van der Waals surface area (Å²) >= 11 is 3.77. The highest BCUT2D eigenvalue weighted by Crippen LogP contribution is 2.45. The molecule has 0 amide bonds.